The minimum absolute atomic E-state index is 0.121. The summed E-state index contributed by atoms with van der Waals surface area (Å²) in [6.07, 6.45) is 3.38. The number of nitrogens with one attached hydrogen (secondary N) is 2. The molecule has 0 saturated carbocycles. The maximum Gasteiger partial charge on any atom is 0.268 e. The van der Waals surface area contributed by atoms with E-state index in [4.69, 9.17) is 0 Å². The van der Waals surface area contributed by atoms with Gasteiger partial charge in [-0.15, -0.1) is 0 Å². The standard InChI is InChI=1S/C22H22FN5O2/c23-20-9-15(6-7-25-20)16-8-19-22(30)26-12-17(28(19)13-16)10-21(29)27-18(11-24)14-4-2-1-3-5-14/h1-9,13,17-18H,10-12,24H2,(H,26,30)(H,27,29)/p+1/t17-,18+/m0/s1. The third-order valence-corrected chi connectivity index (χ3v) is 5.28. The Balaban J connectivity index is 1.53. The van der Waals surface area contributed by atoms with Crippen LogP contribution < -0.4 is 16.4 Å². The van der Waals surface area contributed by atoms with Gasteiger partial charge in [-0.1, -0.05) is 30.3 Å². The van der Waals surface area contributed by atoms with Crippen LogP contribution in [0.2, 0.25) is 0 Å². The fraction of sp³-hybridized carbons (Fsp3) is 0.227. The number of hydrogen-bond acceptors (Lipinski definition) is 3. The van der Waals surface area contributed by atoms with E-state index in [1.54, 1.807) is 22.9 Å². The Morgan fingerprint density at radius 1 is 1.27 bits per heavy atom. The number of hydrogen-bond donors (Lipinski definition) is 3. The fourth-order valence-corrected chi connectivity index (χ4v) is 3.75. The zero-order chi connectivity index (χ0) is 21.1. The lowest BCUT2D eigenvalue weighted by atomic mass is 10.1. The zero-order valence-electron chi connectivity index (χ0n) is 16.3. The average Bonchev–Trinajstić information content (AvgIpc) is 3.21. The van der Waals surface area contributed by atoms with Gasteiger partial charge in [-0.3, -0.25) is 9.59 Å². The molecule has 3 heterocycles. The molecule has 154 valence electrons. The number of halogens is 1. The van der Waals surface area contributed by atoms with Crippen molar-refractivity contribution in [3.05, 3.63) is 78.1 Å². The number of carbonyl (C=O) groups is 2. The van der Waals surface area contributed by atoms with Crippen molar-refractivity contribution in [2.45, 2.75) is 18.5 Å². The molecule has 0 bridgehead atoms. The Kier molecular flexibility index (Phi) is 5.58. The molecule has 2 atom stereocenters. The predicted molar refractivity (Wildman–Crippen MR) is 109 cm³/mol. The molecule has 0 unspecified atom stereocenters. The number of carbonyl (C=O) groups excluding carboxylic acids is 2. The summed E-state index contributed by atoms with van der Waals surface area (Å²) in [4.78, 5) is 28.6. The summed E-state index contributed by atoms with van der Waals surface area (Å²) in [5, 5.41) is 5.86. The molecule has 3 aromatic rings. The molecule has 2 amide bonds. The molecule has 1 aliphatic heterocycles. The molecule has 5 N–H and O–H groups in total. The molecule has 7 nitrogen and oxygen atoms in total. The second-order valence-electron chi connectivity index (χ2n) is 7.28. The topological polar surface area (TPSA) is 104 Å². The second-order valence-corrected chi connectivity index (χ2v) is 7.28. The molecule has 0 radical (unpaired) electrons. The highest BCUT2D eigenvalue weighted by atomic mass is 19.1. The maximum absolute atomic E-state index is 13.5. The van der Waals surface area contributed by atoms with E-state index < -0.39 is 5.95 Å². The quantitative estimate of drug-likeness (QED) is 0.538. The Morgan fingerprint density at radius 3 is 2.80 bits per heavy atom. The van der Waals surface area contributed by atoms with Crippen LogP contribution in [-0.4, -0.2) is 34.5 Å². The van der Waals surface area contributed by atoms with Gasteiger partial charge in [0, 0.05) is 37.0 Å². The van der Waals surface area contributed by atoms with Gasteiger partial charge in [0.25, 0.3) is 5.91 Å². The van der Waals surface area contributed by atoms with E-state index in [0.717, 1.165) is 5.56 Å². The second kappa shape index (κ2) is 8.46. The van der Waals surface area contributed by atoms with Crippen molar-refractivity contribution < 1.29 is 19.7 Å². The molecule has 1 aliphatic rings. The van der Waals surface area contributed by atoms with Crippen LogP contribution in [0, 0.1) is 5.95 Å². The van der Waals surface area contributed by atoms with Gasteiger partial charge in [-0.25, -0.2) is 4.98 Å². The van der Waals surface area contributed by atoms with E-state index in [0.29, 0.717) is 29.9 Å². The van der Waals surface area contributed by atoms with E-state index in [-0.39, 0.29) is 30.3 Å². The van der Waals surface area contributed by atoms with Gasteiger partial charge >= 0.3 is 0 Å². The Labute approximate surface area is 173 Å². The average molecular weight is 408 g/mol. The molecule has 0 saturated heterocycles. The monoisotopic (exact) mass is 408 g/mol. The molecule has 0 spiro atoms. The number of rotatable bonds is 6. The van der Waals surface area contributed by atoms with E-state index in [1.165, 1.54) is 12.3 Å². The number of quaternary nitrogens is 1. The van der Waals surface area contributed by atoms with Gasteiger partial charge in [0.2, 0.25) is 11.9 Å². The normalized spacial score (nSPS) is 16.5. The lowest BCUT2D eigenvalue weighted by molar-refractivity contribution is -0.373. The van der Waals surface area contributed by atoms with Crippen LogP contribution in [0.15, 0.2) is 60.9 Å². The Morgan fingerprint density at radius 2 is 2.07 bits per heavy atom. The van der Waals surface area contributed by atoms with Gasteiger partial charge in [0.15, 0.2) is 0 Å². The number of amides is 2. The molecule has 1 aromatic carbocycles. The van der Waals surface area contributed by atoms with Crippen LogP contribution in [0.5, 0.6) is 0 Å². The van der Waals surface area contributed by atoms with Crippen molar-refractivity contribution in [3.8, 4) is 11.1 Å². The summed E-state index contributed by atoms with van der Waals surface area (Å²) >= 11 is 0. The highest BCUT2D eigenvalue weighted by molar-refractivity contribution is 5.95. The minimum atomic E-state index is -0.586. The van der Waals surface area contributed by atoms with Gasteiger partial charge in [-0.05, 0) is 23.3 Å². The van der Waals surface area contributed by atoms with Crippen molar-refractivity contribution in [2.75, 3.05) is 13.1 Å². The summed E-state index contributed by atoms with van der Waals surface area (Å²) in [6, 6.07) is 14.0. The highest BCUT2D eigenvalue weighted by Gasteiger charge is 2.28. The summed E-state index contributed by atoms with van der Waals surface area (Å²) < 4.78 is 15.3. The van der Waals surface area contributed by atoms with E-state index in [2.05, 4.69) is 21.4 Å². The van der Waals surface area contributed by atoms with Crippen molar-refractivity contribution in [1.82, 2.24) is 20.2 Å². The van der Waals surface area contributed by atoms with Gasteiger partial charge in [-0.2, -0.15) is 4.39 Å². The number of fused-ring (bicyclic) bond motifs is 1. The summed E-state index contributed by atoms with van der Waals surface area (Å²) in [6.45, 7) is 0.877. The van der Waals surface area contributed by atoms with Gasteiger partial charge < -0.3 is 20.9 Å². The first-order chi connectivity index (χ1) is 14.5. The molecule has 0 fully saturated rings. The molecule has 0 aliphatic carbocycles. The van der Waals surface area contributed by atoms with Crippen LogP contribution in [0.4, 0.5) is 4.39 Å². The maximum atomic E-state index is 13.5. The number of pyridine rings is 1. The first-order valence-corrected chi connectivity index (χ1v) is 9.80. The summed E-state index contributed by atoms with van der Waals surface area (Å²) in [5.74, 6) is -0.922. The van der Waals surface area contributed by atoms with Gasteiger partial charge in [0.05, 0.1) is 12.6 Å². The fourth-order valence-electron chi connectivity index (χ4n) is 3.75. The number of benzene rings is 1. The van der Waals surface area contributed by atoms with Crippen molar-refractivity contribution in [3.63, 3.8) is 0 Å². The van der Waals surface area contributed by atoms with E-state index in [1.807, 2.05) is 30.3 Å². The van der Waals surface area contributed by atoms with Crippen molar-refractivity contribution >= 4 is 11.8 Å². The summed E-state index contributed by atoms with van der Waals surface area (Å²) in [5.41, 5.74) is 6.72. The first kappa shape index (κ1) is 19.8. The van der Waals surface area contributed by atoms with E-state index in [9.17, 15) is 14.0 Å². The third-order valence-electron chi connectivity index (χ3n) is 5.28. The molecule has 30 heavy (non-hydrogen) atoms. The summed E-state index contributed by atoms with van der Waals surface area (Å²) in [7, 11) is 0. The highest BCUT2D eigenvalue weighted by Crippen LogP contribution is 2.28. The molecule has 4 rings (SSSR count). The first-order valence-electron chi connectivity index (χ1n) is 9.80. The Hall–Kier alpha value is -3.52. The predicted octanol–water partition coefficient (Wildman–Crippen LogP) is 1.46. The van der Waals surface area contributed by atoms with Crippen LogP contribution in [0.3, 0.4) is 0 Å². The lowest BCUT2D eigenvalue weighted by Crippen LogP contribution is -2.56. The number of aromatic nitrogens is 2. The SMILES string of the molecule is [NH3+]C[C@@H](NC(=O)C[C@H]1CNC(=O)c2cc(-c3ccnc(F)c3)cn21)c1ccccc1. The largest absolute Gasteiger partial charge is 0.356 e. The minimum Gasteiger partial charge on any atom is -0.356 e. The third kappa shape index (κ3) is 4.08. The van der Waals surface area contributed by atoms with E-state index >= 15 is 0 Å². The van der Waals surface area contributed by atoms with Crippen molar-refractivity contribution in [1.29, 1.82) is 0 Å². The lowest BCUT2D eigenvalue weighted by Gasteiger charge is -2.26. The van der Waals surface area contributed by atoms with Crippen LogP contribution >= 0.6 is 0 Å². The van der Waals surface area contributed by atoms with Crippen molar-refractivity contribution in [2.24, 2.45) is 0 Å². The molecular weight excluding hydrogens is 385 g/mol. The Bertz CT molecular complexity index is 1070. The molecule has 2 aromatic heterocycles. The van der Waals surface area contributed by atoms with Gasteiger partial charge in [0.1, 0.15) is 11.7 Å². The molecular formula is C22H23FN5O2+. The van der Waals surface area contributed by atoms with Crippen LogP contribution in [0.1, 0.15) is 34.6 Å². The van der Waals surface area contributed by atoms with Crippen LogP contribution in [-0.2, 0) is 4.79 Å². The smallest absolute Gasteiger partial charge is 0.268 e. The molecule has 8 heteroatoms. The van der Waals surface area contributed by atoms with Crippen LogP contribution in [0.25, 0.3) is 11.1 Å². The number of nitrogens with zero attached hydrogens (tertiary/aromatic N) is 2. The zero-order valence-corrected chi connectivity index (χ0v) is 16.3.